The number of carbonyl (C=O) groups excluding carboxylic acids is 1. The Hall–Kier alpha value is -1.29. The van der Waals surface area contributed by atoms with Crippen molar-refractivity contribution in [3.05, 3.63) is 46.6 Å². The van der Waals surface area contributed by atoms with Crippen molar-refractivity contribution in [1.82, 2.24) is 10.6 Å². The summed E-state index contributed by atoms with van der Waals surface area (Å²) in [6.07, 6.45) is 8.99. The molecule has 0 unspecified atom stereocenters. The van der Waals surface area contributed by atoms with Gasteiger partial charge in [0.1, 0.15) is 0 Å². The first kappa shape index (κ1) is 14.1. The molecule has 0 aromatic heterocycles. The summed E-state index contributed by atoms with van der Waals surface area (Å²) in [4.78, 5) is 11.6. The highest BCUT2D eigenvalue weighted by molar-refractivity contribution is 9.10. The van der Waals surface area contributed by atoms with Gasteiger partial charge in [0, 0.05) is 17.2 Å². The third kappa shape index (κ3) is 5.07. The van der Waals surface area contributed by atoms with Crippen LogP contribution in [0.5, 0.6) is 0 Å². The second-order valence-corrected chi connectivity index (χ2v) is 5.78. The average Bonchev–Trinajstić information content (AvgIpc) is 2.90. The van der Waals surface area contributed by atoms with E-state index in [0.29, 0.717) is 12.5 Å². The molecule has 1 saturated carbocycles. The smallest absolute Gasteiger partial charge is 0.319 e. The Balaban J connectivity index is 1.69. The Morgan fingerprint density at radius 2 is 2.16 bits per heavy atom. The number of hydrogen-bond acceptors (Lipinski definition) is 1. The van der Waals surface area contributed by atoms with E-state index in [-0.39, 0.29) is 6.03 Å². The molecular weight excluding hydrogens is 304 g/mol. The van der Waals surface area contributed by atoms with Crippen LogP contribution in [-0.4, -0.2) is 6.03 Å². The molecule has 1 aromatic rings. The summed E-state index contributed by atoms with van der Waals surface area (Å²) >= 11 is 3.41. The summed E-state index contributed by atoms with van der Waals surface area (Å²) in [7, 11) is 0. The van der Waals surface area contributed by atoms with Gasteiger partial charge >= 0.3 is 6.03 Å². The van der Waals surface area contributed by atoms with Crippen molar-refractivity contribution in [1.29, 1.82) is 0 Å². The fourth-order valence-electron chi connectivity index (χ4n) is 2.29. The second kappa shape index (κ2) is 7.34. The molecule has 1 fully saturated rings. The molecule has 4 heteroatoms. The maximum absolute atomic E-state index is 11.6. The van der Waals surface area contributed by atoms with Gasteiger partial charge in [0.25, 0.3) is 0 Å². The van der Waals surface area contributed by atoms with E-state index in [1.807, 2.05) is 24.3 Å². The predicted molar refractivity (Wildman–Crippen MR) is 80.6 cm³/mol. The molecular formula is C15H19BrN2O. The van der Waals surface area contributed by atoms with Gasteiger partial charge in [-0.15, -0.1) is 0 Å². The van der Waals surface area contributed by atoms with Gasteiger partial charge < -0.3 is 10.6 Å². The Labute approximate surface area is 122 Å². The fourth-order valence-corrected chi connectivity index (χ4v) is 2.74. The van der Waals surface area contributed by atoms with E-state index in [0.717, 1.165) is 10.0 Å². The van der Waals surface area contributed by atoms with Crippen LogP contribution in [0, 0.1) is 5.92 Å². The first-order valence-electron chi connectivity index (χ1n) is 6.69. The monoisotopic (exact) mass is 322 g/mol. The Morgan fingerprint density at radius 3 is 2.89 bits per heavy atom. The number of nitrogens with one attached hydrogen (secondary N) is 2. The van der Waals surface area contributed by atoms with Gasteiger partial charge in [-0.3, -0.25) is 0 Å². The van der Waals surface area contributed by atoms with E-state index in [1.54, 1.807) is 6.20 Å². The van der Waals surface area contributed by atoms with Crippen LogP contribution in [0.25, 0.3) is 0 Å². The molecule has 0 heterocycles. The van der Waals surface area contributed by atoms with Crippen LogP contribution in [-0.2, 0) is 6.54 Å². The third-order valence-electron chi connectivity index (χ3n) is 3.32. The van der Waals surface area contributed by atoms with Crippen molar-refractivity contribution in [3.63, 3.8) is 0 Å². The lowest BCUT2D eigenvalue weighted by atomic mass is 10.1. The highest BCUT2D eigenvalue weighted by atomic mass is 79.9. The van der Waals surface area contributed by atoms with Crippen molar-refractivity contribution in [2.45, 2.75) is 32.2 Å². The molecule has 2 amide bonds. The molecule has 0 saturated heterocycles. The lowest BCUT2D eigenvalue weighted by molar-refractivity contribution is 0.243. The number of benzene rings is 1. The lowest BCUT2D eigenvalue weighted by Crippen LogP contribution is -2.31. The molecule has 3 nitrogen and oxygen atoms in total. The van der Waals surface area contributed by atoms with E-state index in [2.05, 4.69) is 32.6 Å². The number of halogens is 1. The molecule has 1 aliphatic rings. The van der Waals surface area contributed by atoms with E-state index in [4.69, 9.17) is 0 Å². The predicted octanol–water partition coefficient (Wildman–Crippen LogP) is 3.95. The normalized spacial score (nSPS) is 15.8. The molecule has 0 bridgehead atoms. The van der Waals surface area contributed by atoms with E-state index < -0.39 is 0 Å². The van der Waals surface area contributed by atoms with Gasteiger partial charge in [-0.25, -0.2) is 4.79 Å². The standard InChI is InChI=1S/C15H19BrN2O/c16-14-7-3-6-13(10-14)11-18-15(19)17-9-8-12-4-1-2-5-12/h3,6-10,12H,1-2,4-5,11H2,(H2,17,18,19)/b9-8+. The van der Waals surface area contributed by atoms with E-state index in [9.17, 15) is 4.79 Å². The Bertz CT molecular complexity index is 453. The summed E-state index contributed by atoms with van der Waals surface area (Å²) in [6, 6.07) is 7.75. The molecule has 102 valence electrons. The van der Waals surface area contributed by atoms with Gasteiger partial charge in [-0.1, -0.05) is 47.0 Å². The van der Waals surface area contributed by atoms with Crippen LogP contribution in [0.1, 0.15) is 31.2 Å². The summed E-state index contributed by atoms with van der Waals surface area (Å²) in [6.45, 7) is 0.530. The quantitative estimate of drug-likeness (QED) is 0.865. The van der Waals surface area contributed by atoms with Crippen molar-refractivity contribution >= 4 is 22.0 Å². The molecule has 1 aromatic carbocycles. The van der Waals surface area contributed by atoms with E-state index in [1.165, 1.54) is 25.7 Å². The first-order valence-corrected chi connectivity index (χ1v) is 7.49. The van der Waals surface area contributed by atoms with E-state index >= 15 is 0 Å². The number of allylic oxidation sites excluding steroid dienone is 1. The van der Waals surface area contributed by atoms with Crippen molar-refractivity contribution in [2.24, 2.45) is 5.92 Å². The molecule has 0 atom stereocenters. The molecule has 2 N–H and O–H groups in total. The average molecular weight is 323 g/mol. The molecule has 1 aliphatic carbocycles. The third-order valence-corrected chi connectivity index (χ3v) is 3.82. The largest absolute Gasteiger partial charge is 0.334 e. The number of amides is 2. The minimum atomic E-state index is -0.158. The van der Waals surface area contributed by atoms with Gasteiger partial charge in [0.2, 0.25) is 0 Å². The maximum atomic E-state index is 11.6. The van der Waals surface area contributed by atoms with Crippen molar-refractivity contribution in [3.8, 4) is 0 Å². The highest BCUT2D eigenvalue weighted by Crippen LogP contribution is 2.25. The summed E-state index contributed by atoms with van der Waals surface area (Å²) in [5.41, 5.74) is 1.07. The molecule has 0 spiro atoms. The van der Waals surface area contributed by atoms with Crippen LogP contribution in [0.4, 0.5) is 4.79 Å². The molecule has 19 heavy (non-hydrogen) atoms. The zero-order valence-electron chi connectivity index (χ0n) is 10.9. The molecule has 0 aliphatic heterocycles. The van der Waals surface area contributed by atoms with Crippen molar-refractivity contribution < 1.29 is 4.79 Å². The number of hydrogen-bond donors (Lipinski definition) is 2. The SMILES string of the molecule is O=C(N/C=C/C1CCCC1)NCc1cccc(Br)c1. The number of urea groups is 1. The minimum Gasteiger partial charge on any atom is -0.334 e. The van der Waals surface area contributed by atoms with Gasteiger partial charge in [0.05, 0.1) is 0 Å². The van der Waals surface area contributed by atoms with Crippen LogP contribution in [0.15, 0.2) is 41.0 Å². The van der Waals surface area contributed by atoms with Gasteiger partial charge in [-0.2, -0.15) is 0 Å². The maximum Gasteiger partial charge on any atom is 0.319 e. The second-order valence-electron chi connectivity index (χ2n) is 4.86. The Morgan fingerprint density at radius 1 is 1.37 bits per heavy atom. The lowest BCUT2D eigenvalue weighted by Gasteiger charge is -2.06. The molecule has 0 radical (unpaired) electrons. The highest BCUT2D eigenvalue weighted by Gasteiger charge is 2.11. The summed E-state index contributed by atoms with van der Waals surface area (Å²) in [5.74, 6) is 0.644. The van der Waals surface area contributed by atoms with Crippen molar-refractivity contribution in [2.75, 3.05) is 0 Å². The summed E-state index contributed by atoms with van der Waals surface area (Å²) < 4.78 is 1.02. The zero-order valence-corrected chi connectivity index (χ0v) is 12.4. The number of rotatable bonds is 4. The van der Waals surface area contributed by atoms with Crippen LogP contribution >= 0.6 is 15.9 Å². The van der Waals surface area contributed by atoms with Crippen LogP contribution in [0.2, 0.25) is 0 Å². The van der Waals surface area contributed by atoms with Gasteiger partial charge in [-0.05, 0) is 36.5 Å². The topological polar surface area (TPSA) is 41.1 Å². The van der Waals surface area contributed by atoms with Crippen LogP contribution in [0.3, 0.4) is 0 Å². The number of carbonyl (C=O) groups is 1. The Kier molecular flexibility index (Phi) is 5.45. The molecule has 2 rings (SSSR count). The minimum absolute atomic E-state index is 0.158. The van der Waals surface area contributed by atoms with Crippen LogP contribution < -0.4 is 10.6 Å². The summed E-state index contributed by atoms with van der Waals surface area (Å²) in [5, 5.41) is 5.58. The fraction of sp³-hybridized carbons (Fsp3) is 0.400. The first-order chi connectivity index (χ1) is 9.24. The zero-order chi connectivity index (χ0) is 13.5. The van der Waals surface area contributed by atoms with Gasteiger partial charge in [0.15, 0.2) is 0 Å².